The molecule has 1 heterocycles. The summed E-state index contributed by atoms with van der Waals surface area (Å²) in [5.41, 5.74) is 8.97. The number of fused-ring (bicyclic) bond motifs is 1. The first-order chi connectivity index (χ1) is 10.6. The zero-order valence-corrected chi connectivity index (χ0v) is 12.3. The number of aromatic nitrogens is 1. The molecule has 0 saturated carbocycles. The first-order valence-electron chi connectivity index (χ1n) is 7.09. The van der Waals surface area contributed by atoms with E-state index in [0.717, 1.165) is 16.5 Å². The molecule has 0 bridgehead atoms. The predicted octanol–water partition coefficient (Wildman–Crippen LogP) is 3.18. The van der Waals surface area contributed by atoms with Crippen molar-refractivity contribution in [1.29, 1.82) is 5.41 Å². The average molecular weight is 291 g/mol. The number of Topliss-reactive ketones (excluding diaryl/α,β-unsaturated/α-hetero) is 1. The average Bonchev–Trinajstić information content (AvgIpc) is 2.87. The van der Waals surface area contributed by atoms with Gasteiger partial charge < -0.3 is 10.3 Å². The summed E-state index contributed by atoms with van der Waals surface area (Å²) in [5.74, 6) is 0.0879. The van der Waals surface area contributed by atoms with Crippen molar-refractivity contribution in [3.8, 4) is 0 Å². The normalized spacial score (nSPS) is 10.8. The molecule has 3 aromatic rings. The summed E-state index contributed by atoms with van der Waals surface area (Å²) in [4.78, 5) is 11.9. The largest absolute Gasteiger partial charge is 0.384 e. The van der Waals surface area contributed by atoms with E-state index in [0.29, 0.717) is 17.8 Å². The summed E-state index contributed by atoms with van der Waals surface area (Å²) in [7, 11) is 0. The van der Waals surface area contributed by atoms with Crippen LogP contribution in [-0.4, -0.2) is 16.2 Å². The standard InChI is InChI=1S/C18H17N3O/c1-12(22)17-10-14-6-2-3-8-16(14)21(17)11-13-5-4-7-15(9-13)18(19)20/h2-10H,11H2,1H3,(H3,19,20). The maximum absolute atomic E-state index is 11.9. The molecule has 22 heavy (non-hydrogen) atoms. The SMILES string of the molecule is CC(=O)c1cc2ccccc2n1Cc1cccc(C(=N)N)c1. The van der Waals surface area contributed by atoms with Gasteiger partial charge in [0.2, 0.25) is 0 Å². The van der Waals surface area contributed by atoms with Gasteiger partial charge in [-0.1, -0.05) is 36.4 Å². The van der Waals surface area contributed by atoms with Crippen LogP contribution in [0.5, 0.6) is 0 Å². The van der Waals surface area contributed by atoms with E-state index in [1.54, 1.807) is 6.92 Å². The molecule has 4 nitrogen and oxygen atoms in total. The van der Waals surface area contributed by atoms with Crippen molar-refractivity contribution in [1.82, 2.24) is 4.57 Å². The molecule has 0 atom stereocenters. The third kappa shape index (κ3) is 2.51. The highest BCUT2D eigenvalue weighted by Crippen LogP contribution is 2.22. The topological polar surface area (TPSA) is 71.9 Å². The minimum atomic E-state index is 0.0407. The first kappa shape index (κ1) is 14.1. The van der Waals surface area contributed by atoms with Crippen molar-refractivity contribution < 1.29 is 4.79 Å². The summed E-state index contributed by atoms with van der Waals surface area (Å²) < 4.78 is 2.01. The van der Waals surface area contributed by atoms with Crippen LogP contribution in [0.2, 0.25) is 0 Å². The molecule has 3 N–H and O–H groups in total. The van der Waals surface area contributed by atoms with Crippen molar-refractivity contribution in [2.24, 2.45) is 5.73 Å². The number of hydrogen-bond donors (Lipinski definition) is 2. The molecule has 0 amide bonds. The molecule has 110 valence electrons. The monoisotopic (exact) mass is 291 g/mol. The summed E-state index contributed by atoms with van der Waals surface area (Å²) in [6.07, 6.45) is 0. The Hall–Kier alpha value is -2.88. The Kier molecular flexibility index (Phi) is 3.51. The van der Waals surface area contributed by atoms with Gasteiger partial charge in [0.15, 0.2) is 5.78 Å². The molecule has 0 unspecified atom stereocenters. The Morgan fingerprint density at radius 2 is 1.91 bits per heavy atom. The zero-order valence-electron chi connectivity index (χ0n) is 12.3. The van der Waals surface area contributed by atoms with E-state index >= 15 is 0 Å². The van der Waals surface area contributed by atoms with Gasteiger partial charge >= 0.3 is 0 Å². The second kappa shape index (κ2) is 5.48. The highest BCUT2D eigenvalue weighted by Gasteiger charge is 2.12. The van der Waals surface area contributed by atoms with Crippen LogP contribution in [0.3, 0.4) is 0 Å². The molecule has 0 radical (unpaired) electrons. The molecule has 4 heteroatoms. The molecule has 0 aliphatic rings. The maximum atomic E-state index is 11.9. The van der Waals surface area contributed by atoms with Gasteiger partial charge in [0.25, 0.3) is 0 Å². The number of ketones is 1. The van der Waals surface area contributed by atoms with Crippen molar-refractivity contribution in [2.45, 2.75) is 13.5 Å². The van der Waals surface area contributed by atoms with E-state index in [1.807, 2.05) is 59.2 Å². The van der Waals surface area contributed by atoms with Crippen LogP contribution in [-0.2, 0) is 6.54 Å². The first-order valence-corrected chi connectivity index (χ1v) is 7.09. The lowest BCUT2D eigenvalue weighted by Crippen LogP contribution is -2.12. The lowest BCUT2D eigenvalue weighted by atomic mass is 10.1. The number of amidine groups is 1. The predicted molar refractivity (Wildman–Crippen MR) is 88.5 cm³/mol. The van der Waals surface area contributed by atoms with Gasteiger partial charge in [-0.3, -0.25) is 10.2 Å². The molecule has 0 aliphatic carbocycles. The van der Waals surface area contributed by atoms with Crippen LogP contribution < -0.4 is 5.73 Å². The number of nitrogens with one attached hydrogen (secondary N) is 1. The number of carbonyl (C=O) groups excluding carboxylic acids is 1. The molecular weight excluding hydrogens is 274 g/mol. The fourth-order valence-electron chi connectivity index (χ4n) is 2.69. The van der Waals surface area contributed by atoms with Gasteiger partial charge in [-0.25, -0.2) is 0 Å². The Balaban J connectivity index is 2.10. The highest BCUT2D eigenvalue weighted by molar-refractivity contribution is 5.98. The van der Waals surface area contributed by atoms with Crippen molar-refractivity contribution in [3.05, 3.63) is 71.4 Å². The number of nitrogens with two attached hydrogens (primary N) is 1. The third-order valence-corrected chi connectivity index (χ3v) is 3.75. The van der Waals surface area contributed by atoms with Crippen molar-refractivity contribution in [2.75, 3.05) is 0 Å². The quantitative estimate of drug-likeness (QED) is 0.440. The molecule has 0 saturated heterocycles. The second-order valence-corrected chi connectivity index (χ2v) is 5.34. The smallest absolute Gasteiger partial charge is 0.176 e. The third-order valence-electron chi connectivity index (χ3n) is 3.75. The Morgan fingerprint density at radius 1 is 1.14 bits per heavy atom. The van der Waals surface area contributed by atoms with E-state index in [4.69, 9.17) is 11.1 Å². The number of nitrogen functional groups attached to an aromatic ring is 1. The molecule has 0 spiro atoms. The minimum absolute atomic E-state index is 0.0407. The Labute approximate surface area is 128 Å². The van der Waals surface area contributed by atoms with Crippen molar-refractivity contribution in [3.63, 3.8) is 0 Å². The highest BCUT2D eigenvalue weighted by atomic mass is 16.1. The van der Waals surface area contributed by atoms with E-state index < -0.39 is 0 Å². The van der Waals surface area contributed by atoms with Crippen LogP contribution in [0.15, 0.2) is 54.6 Å². The summed E-state index contributed by atoms with van der Waals surface area (Å²) >= 11 is 0. The van der Waals surface area contributed by atoms with E-state index in [1.165, 1.54) is 0 Å². The van der Waals surface area contributed by atoms with Crippen LogP contribution in [0.25, 0.3) is 10.9 Å². The summed E-state index contributed by atoms with van der Waals surface area (Å²) in [5, 5.41) is 8.59. The lowest BCUT2D eigenvalue weighted by molar-refractivity contribution is 0.101. The second-order valence-electron chi connectivity index (χ2n) is 5.34. The van der Waals surface area contributed by atoms with Gasteiger partial charge in [0.05, 0.1) is 5.69 Å². The van der Waals surface area contributed by atoms with Crippen molar-refractivity contribution >= 4 is 22.5 Å². The number of rotatable bonds is 4. The number of carbonyl (C=O) groups is 1. The number of nitrogens with zero attached hydrogens (tertiary/aromatic N) is 1. The maximum Gasteiger partial charge on any atom is 0.176 e. The molecule has 0 aliphatic heterocycles. The van der Waals surface area contributed by atoms with Crippen LogP contribution >= 0.6 is 0 Å². The van der Waals surface area contributed by atoms with E-state index in [2.05, 4.69) is 0 Å². The minimum Gasteiger partial charge on any atom is -0.384 e. The van der Waals surface area contributed by atoms with Gasteiger partial charge in [-0.2, -0.15) is 0 Å². The van der Waals surface area contributed by atoms with E-state index in [9.17, 15) is 4.79 Å². The Morgan fingerprint density at radius 3 is 2.64 bits per heavy atom. The van der Waals surface area contributed by atoms with Gasteiger partial charge in [0.1, 0.15) is 5.84 Å². The lowest BCUT2D eigenvalue weighted by Gasteiger charge is -2.10. The molecule has 3 rings (SSSR count). The van der Waals surface area contributed by atoms with Crippen LogP contribution in [0.1, 0.15) is 28.5 Å². The number of hydrogen-bond acceptors (Lipinski definition) is 2. The Bertz CT molecular complexity index is 877. The van der Waals surface area contributed by atoms with Gasteiger partial charge in [-0.15, -0.1) is 0 Å². The fraction of sp³-hybridized carbons (Fsp3) is 0.111. The van der Waals surface area contributed by atoms with Gasteiger partial charge in [-0.05, 0) is 23.8 Å². The fourth-order valence-corrected chi connectivity index (χ4v) is 2.69. The summed E-state index contributed by atoms with van der Waals surface area (Å²) in [6.45, 7) is 2.15. The van der Waals surface area contributed by atoms with Crippen LogP contribution in [0, 0.1) is 5.41 Å². The number of benzene rings is 2. The summed E-state index contributed by atoms with van der Waals surface area (Å²) in [6, 6.07) is 17.4. The van der Waals surface area contributed by atoms with Gasteiger partial charge in [0, 0.05) is 29.9 Å². The number of para-hydroxylation sites is 1. The van der Waals surface area contributed by atoms with E-state index in [-0.39, 0.29) is 11.6 Å². The molecular formula is C18H17N3O. The molecule has 2 aromatic carbocycles. The van der Waals surface area contributed by atoms with Crippen LogP contribution in [0.4, 0.5) is 0 Å². The molecule has 1 aromatic heterocycles. The zero-order chi connectivity index (χ0) is 15.7. The molecule has 0 fully saturated rings.